The average Bonchev–Trinajstić information content (AvgIpc) is 2.40. The van der Waals surface area contributed by atoms with Crippen LogP contribution < -0.4 is 4.74 Å². The number of ether oxygens (including phenoxy) is 2. The van der Waals surface area contributed by atoms with Crippen LogP contribution in [0.15, 0.2) is 24.8 Å². The van der Waals surface area contributed by atoms with Gasteiger partial charge >= 0.3 is 0 Å². The van der Waals surface area contributed by atoms with E-state index in [2.05, 4.69) is 12.6 Å². The van der Waals surface area contributed by atoms with E-state index in [1.165, 1.54) is 0 Å². The fraction of sp³-hybridized carbons (Fsp3) is 0.400. The average molecular weight is 243 g/mol. The minimum atomic E-state index is 0.154. The third-order valence-corrected chi connectivity index (χ3v) is 3.05. The van der Waals surface area contributed by atoms with E-state index < -0.39 is 0 Å². The molecule has 0 radical (unpaired) electrons. The Kier molecular flexibility index (Phi) is 4.01. The Balaban J connectivity index is 2.17. The summed E-state index contributed by atoms with van der Waals surface area (Å²) in [6.45, 7) is 7.27. The quantitative estimate of drug-likeness (QED) is 0.819. The molecular formula is C15H17NO2. The molecule has 0 saturated carbocycles. The third-order valence-electron chi connectivity index (χ3n) is 3.05. The fourth-order valence-electron chi connectivity index (χ4n) is 1.96. The maximum atomic E-state index is 9.17. The van der Waals surface area contributed by atoms with Gasteiger partial charge in [-0.3, -0.25) is 0 Å². The lowest BCUT2D eigenvalue weighted by Gasteiger charge is -2.23. The molecule has 1 aromatic carbocycles. The van der Waals surface area contributed by atoms with Gasteiger partial charge in [-0.05, 0) is 24.6 Å². The van der Waals surface area contributed by atoms with Crippen LogP contribution in [-0.2, 0) is 4.74 Å². The fourth-order valence-corrected chi connectivity index (χ4v) is 1.96. The molecule has 1 heterocycles. The number of allylic oxidation sites excluding steroid dienone is 1. The minimum absolute atomic E-state index is 0.154. The molecule has 0 aliphatic carbocycles. The van der Waals surface area contributed by atoms with Gasteiger partial charge in [0.2, 0.25) is 0 Å². The van der Waals surface area contributed by atoms with Gasteiger partial charge in [0.05, 0.1) is 18.8 Å². The Morgan fingerprint density at radius 2 is 2.17 bits per heavy atom. The zero-order chi connectivity index (χ0) is 13.0. The highest BCUT2D eigenvalue weighted by molar-refractivity contribution is 5.64. The minimum Gasteiger partial charge on any atom is -0.489 e. The van der Waals surface area contributed by atoms with Crippen LogP contribution in [0, 0.1) is 11.3 Å². The van der Waals surface area contributed by atoms with E-state index in [0.717, 1.165) is 37.2 Å². The number of rotatable bonds is 3. The molecule has 0 spiro atoms. The highest BCUT2D eigenvalue weighted by Crippen LogP contribution is 2.25. The number of nitrogens with zero attached hydrogens (tertiary/aromatic N) is 1. The van der Waals surface area contributed by atoms with Crippen molar-refractivity contribution in [3.8, 4) is 11.8 Å². The molecule has 3 heteroatoms. The van der Waals surface area contributed by atoms with E-state index in [4.69, 9.17) is 14.7 Å². The molecule has 1 fully saturated rings. The van der Waals surface area contributed by atoms with Gasteiger partial charge in [-0.1, -0.05) is 18.2 Å². The summed E-state index contributed by atoms with van der Waals surface area (Å²) < 4.78 is 11.2. The van der Waals surface area contributed by atoms with Gasteiger partial charge in [0.1, 0.15) is 17.9 Å². The van der Waals surface area contributed by atoms with Crippen LogP contribution in [-0.4, -0.2) is 19.3 Å². The zero-order valence-corrected chi connectivity index (χ0v) is 10.6. The summed E-state index contributed by atoms with van der Waals surface area (Å²) in [5.41, 5.74) is 2.50. The first kappa shape index (κ1) is 12.7. The first-order chi connectivity index (χ1) is 8.70. The highest BCUT2D eigenvalue weighted by Gasteiger charge is 2.17. The summed E-state index contributed by atoms with van der Waals surface area (Å²) in [5, 5.41) is 9.17. The third kappa shape index (κ3) is 2.91. The van der Waals surface area contributed by atoms with Crippen LogP contribution >= 0.6 is 0 Å². The van der Waals surface area contributed by atoms with Crippen LogP contribution in [0.5, 0.6) is 5.75 Å². The molecule has 1 aliphatic heterocycles. The SMILES string of the molecule is C=C(C)c1ccc(OC2CCOCC2)c(C#N)c1. The van der Waals surface area contributed by atoms with Crippen molar-refractivity contribution in [2.24, 2.45) is 0 Å². The van der Waals surface area contributed by atoms with Gasteiger partial charge < -0.3 is 9.47 Å². The Morgan fingerprint density at radius 3 is 2.78 bits per heavy atom. The molecule has 0 bridgehead atoms. The normalized spacial score (nSPS) is 16.0. The van der Waals surface area contributed by atoms with Crippen molar-refractivity contribution in [2.75, 3.05) is 13.2 Å². The molecule has 1 aliphatic rings. The molecule has 3 nitrogen and oxygen atoms in total. The van der Waals surface area contributed by atoms with E-state index in [1.54, 1.807) is 0 Å². The first-order valence-corrected chi connectivity index (χ1v) is 6.15. The lowest BCUT2D eigenvalue weighted by molar-refractivity contribution is 0.0254. The molecule has 2 rings (SSSR count). The largest absolute Gasteiger partial charge is 0.489 e. The van der Waals surface area contributed by atoms with Gasteiger partial charge in [-0.25, -0.2) is 0 Å². The van der Waals surface area contributed by atoms with Gasteiger partial charge in [0, 0.05) is 12.8 Å². The molecule has 1 saturated heterocycles. The number of nitriles is 1. The van der Waals surface area contributed by atoms with Crippen LogP contribution in [0.3, 0.4) is 0 Å². The van der Waals surface area contributed by atoms with Gasteiger partial charge in [0.15, 0.2) is 0 Å². The summed E-state index contributed by atoms with van der Waals surface area (Å²) >= 11 is 0. The van der Waals surface area contributed by atoms with Gasteiger partial charge in [0.25, 0.3) is 0 Å². The Labute approximate surface area is 108 Å². The Bertz CT molecular complexity index is 482. The van der Waals surface area contributed by atoms with Crippen molar-refractivity contribution >= 4 is 5.57 Å². The van der Waals surface area contributed by atoms with E-state index in [1.807, 2.05) is 25.1 Å². The van der Waals surface area contributed by atoms with Crippen molar-refractivity contribution in [2.45, 2.75) is 25.9 Å². The molecule has 0 aromatic heterocycles. The topological polar surface area (TPSA) is 42.2 Å². The standard InChI is InChI=1S/C15H17NO2/c1-11(2)12-3-4-15(13(9-12)10-16)18-14-5-7-17-8-6-14/h3-4,9,14H,1,5-8H2,2H3. The van der Waals surface area contributed by atoms with E-state index in [9.17, 15) is 0 Å². The molecule has 0 unspecified atom stereocenters. The van der Waals surface area contributed by atoms with Crippen molar-refractivity contribution in [3.05, 3.63) is 35.9 Å². The number of hydrogen-bond acceptors (Lipinski definition) is 3. The summed E-state index contributed by atoms with van der Waals surface area (Å²) in [5.74, 6) is 0.661. The van der Waals surface area contributed by atoms with Crippen molar-refractivity contribution in [3.63, 3.8) is 0 Å². The second-order valence-electron chi connectivity index (χ2n) is 4.53. The Hall–Kier alpha value is -1.79. The Morgan fingerprint density at radius 1 is 1.44 bits per heavy atom. The maximum absolute atomic E-state index is 9.17. The van der Waals surface area contributed by atoms with E-state index in [-0.39, 0.29) is 6.10 Å². The molecule has 1 aromatic rings. The van der Waals surface area contributed by atoms with E-state index in [0.29, 0.717) is 11.3 Å². The predicted octanol–water partition coefficient (Wildman–Crippen LogP) is 3.15. The smallest absolute Gasteiger partial charge is 0.137 e. The van der Waals surface area contributed by atoms with Gasteiger partial charge in [-0.15, -0.1) is 0 Å². The molecule has 0 N–H and O–H groups in total. The summed E-state index contributed by atoms with van der Waals surface area (Å²) in [6.07, 6.45) is 1.92. The van der Waals surface area contributed by atoms with E-state index >= 15 is 0 Å². The molecule has 94 valence electrons. The lowest BCUT2D eigenvalue weighted by atomic mass is 10.1. The van der Waals surface area contributed by atoms with Crippen LogP contribution in [0.4, 0.5) is 0 Å². The molecule has 18 heavy (non-hydrogen) atoms. The second kappa shape index (κ2) is 5.70. The summed E-state index contributed by atoms with van der Waals surface area (Å²) in [4.78, 5) is 0. The van der Waals surface area contributed by atoms with Crippen LogP contribution in [0.2, 0.25) is 0 Å². The van der Waals surface area contributed by atoms with Crippen LogP contribution in [0.25, 0.3) is 5.57 Å². The van der Waals surface area contributed by atoms with Crippen molar-refractivity contribution in [1.82, 2.24) is 0 Å². The van der Waals surface area contributed by atoms with Crippen LogP contribution in [0.1, 0.15) is 30.9 Å². The molecule has 0 atom stereocenters. The highest BCUT2D eigenvalue weighted by atomic mass is 16.5. The van der Waals surface area contributed by atoms with Crippen molar-refractivity contribution in [1.29, 1.82) is 5.26 Å². The second-order valence-corrected chi connectivity index (χ2v) is 4.53. The maximum Gasteiger partial charge on any atom is 0.137 e. The predicted molar refractivity (Wildman–Crippen MR) is 70.3 cm³/mol. The summed E-state index contributed by atoms with van der Waals surface area (Å²) in [7, 11) is 0. The van der Waals surface area contributed by atoms with Crippen molar-refractivity contribution < 1.29 is 9.47 Å². The number of benzene rings is 1. The van der Waals surface area contributed by atoms with Gasteiger partial charge in [-0.2, -0.15) is 5.26 Å². The first-order valence-electron chi connectivity index (χ1n) is 6.15. The molecular weight excluding hydrogens is 226 g/mol. The monoisotopic (exact) mass is 243 g/mol. The molecule has 0 amide bonds. The summed E-state index contributed by atoms with van der Waals surface area (Å²) in [6, 6.07) is 7.81. The zero-order valence-electron chi connectivity index (χ0n) is 10.6. The number of hydrogen-bond donors (Lipinski definition) is 0. The lowest BCUT2D eigenvalue weighted by Crippen LogP contribution is -2.26.